The first-order chi connectivity index (χ1) is 11.4. The van der Waals surface area contributed by atoms with E-state index in [4.69, 9.17) is 4.74 Å². The van der Waals surface area contributed by atoms with E-state index in [0.29, 0.717) is 32.1 Å². The van der Waals surface area contributed by atoms with Crippen LogP contribution in [-0.4, -0.2) is 54.1 Å². The SMILES string of the molecule is CC(=O)N1CCN(C(=O)NC(C)Oc2ccccc2C(C)C)CC1. The number of rotatable bonds is 4. The first-order valence-corrected chi connectivity index (χ1v) is 8.45. The van der Waals surface area contributed by atoms with Gasteiger partial charge in [0.15, 0.2) is 6.23 Å². The second-order valence-electron chi connectivity index (χ2n) is 6.40. The summed E-state index contributed by atoms with van der Waals surface area (Å²) in [5.41, 5.74) is 1.12. The van der Waals surface area contributed by atoms with Crippen molar-refractivity contribution in [3.8, 4) is 5.75 Å². The van der Waals surface area contributed by atoms with E-state index in [2.05, 4.69) is 19.2 Å². The average molecular weight is 333 g/mol. The zero-order valence-electron chi connectivity index (χ0n) is 14.9. The Bertz CT molecular complexity index is 581. The molecule has 132 valence electrons. The van der Waals surface area contributed by atoms with Crippen LogP contribution < -0.4 is 10.1 Å². The van der Waals surface area contributed by atoms with Gasteiger partial charge in [0.1, 0.15) is 5.75 Å². The van der Waals surface area contributed by atoms with Crippen LogP contribution in [0, 0.1) is 0 Å². The third kappa shape index (κ3) is 4.63. The molecule has 6 nitrogen and oxygen atoms in total. The quantitative estimate of drug-likeness (QED) is 0.861. The van der Waals surface area contributed by atoms with Crippen LogP contribution in [0.15, 0.2) is 24.3 Å². The normalized spacial score (nSPS) is 16.0. The van der Waals surface area contributed by atoms with Gasteiger partial charge in [-0.1, -0.05) is 32.0 Å². The molecule has 1 N–H and O–H groups in total. The van der Waals surface area contributed by atoms with Crippen LogP contribution in [0.5, 0.6) is 5.75 Å². The van der Waals surface area contributed by atoms with Gasteiger partial charge in [-0.15, -0.1) is 0 Å². The monoisotopic (exact) mass is 333 g/mol. The zero-order valence-corrected chi connectivity index (χ0v) is 14.9. The number of carbonyl (C=O) groups is 2. The maximum atomic E-state index is 12.3. The van der Waals surface area contributed by atoms with Gasteiger partial charge in [-0.2, -0.15) is 0 Å². The van der Waals surface area contributed by atoms with Gasteiger partial charge in [0.25, 0.3) is 0 Å². The number of benzene rings is 1. The molecule has 3 amide bonds. The van der Waals surface area contributed by atoms with E-state index < -0.39 is 6.23 Å². The van der Waals surface area contributed by atoms with Crippen molar-refractivity contribution in [2.75, 3.05) is 26.2 Å². The molecule has 0 bridgehead atoms. The third-order valence-electron chi connectivity index (χ3n) is 4.18. The summed E-state index contributed by atoms with van der Waals surface area (Å²) in [6, 6.07) is 7.71. The van der Waals surface area contributed by atoms with E-state index in [0.717, 1.165) is 11.3 Å². The number of hydrogen-bond acceptors (Lipinski definition) is 3. The highest BCUT2D eigenvalue weighted by atomic mass is 16.5. The highest BCUT2D eigenvalue weighted by Gasteiger charge is 2.23. The standard InChI is InChI=1S/C18H27N3O3/c1-13(2)16-7-5-6-8-17(16)24-14(3)19-18(23)21-11-9-20(10-12-21)15(4)22/h5-8,13-14H,9-12H2,1-4H3,(H,19,23). The molecule has 6 heteroatoms. The Morgan fingerprint density at radius 2 is 1.62 bits per heavy atom. The molecule has 0 saturated carbocycles. The lowest BCUT2D eigenvalue weighted by molar-refractivity contribution is -0.130. The van der Waals surface area contributed by atoms with Crippen molar-refractivity contribution >= 4 is 11.9 Å². The molecule has 0 aliphatic carbocycles. The van der Waals surface area contributed by atoms with Crippen LogP contribution in [-0.2, 0) is 4.79 Å². The summed E-state index contributed by atoms with van der Waals surface area (Å²) in [7, 11) is 0. The Labute approximate surface area is 143 Å². The molecule has 1 atom stereocenters. The van der Waals surface area contributed by atoms with Crippen molar-refractivity contribution < 1.29 is 14.3 Å². The minimum absolute atomic E-state index is 0.0528. The van der Waals surface area contributed by atoms with Crippen molar-refractivity contribution in [2.24, 2.45) is 0 Å². The largest absolute Gasteiger partial charge is 0.471 e. The lowest BCUT2D eigenvalue weighted by Gasteiger charge is -2.34. The van der Waals surface area contributed by atoms with Gasteiger partial charge in [0.05, 0.1) is 0 Å². The van der Waals surface area contributed by atoms with Crippen molar-refractivity contribution in [1.82, 2.24) is 15.1 Å². The van der Waals surface area contributed by atoms with Crippen molar-refractivity contribution in [3.63, 3.8) is 0 Å². The molecule has 0 spiro atoms. The molecule has 1 aliphatic heterocycles. The van der Waals surface area contributed by atoms with E-state index in [1.54, 1.807) is 16.7 Å². The summed E-state index contributed by atoms with van der Waals surface area (Å²) in [6.45, 7) is 9.84. The fourth-order valence-corrected chi connectivity index (χ4v) is 2.77. The molecule has 24 heavy (non-hydrogen) atoms. The van der Waals surface area contributed by atoms with E-state index in [-0.39, 0.29) is 11.9 Å². The first kappa shape index (κ1) is 18.1. The molecular formula is C18H27N3O3. The van der Waals surface area contributed by atoms with E-state index in [1.807, 2.05) is 31.2 Å². The Hall–Kier alpha value is -2.24. The first-order valence-electron chi connectivity index (χ1n) is 8.45. The Morgan fingerprint density at radius 3 is 2.21 bits per heavy atom. The summed E-state index contributed by atoms with van der Waals surface area (Å²) in [4.78, 5) is 27.1. The fourth-order valence-electron chi connectivity index (χ4n) is 2.77. The molecule has 1 unspecified atom stereocenters. The Morgan fingerprint density at radius 1 is 1.04 bits per heavy atom. The molecule has 1 saturated heterocycles. The highest BCUT2D eigenvalue weighted by molar-refractivity contribution is 5.76. The van der Waals surface area contributed by atoms with Crippen molar-refractivity contribution in [1.29, 1.82) is 0 Å². The smallest absolute Gasteiger partial charge is 0.320 e. The van der Waals surface area contributed by atoms with Gasteiger partial charge >= 0.3 is 6.03 Å². The number of ether oxygens (including phenoxy) is 1. The number of carbonyl (C=O) groups excluding carboxylic acids is 2. The molecule has 1 heterocycles. The van der Waals surface area contributed by atoms with Crippen LogP contribution in [0.4, 0.5) is 4.79 Å². The topological polar surface area (TPSA) is 61.9 Å². The summed E-state index contributed by atoms with van der Waals surface area (Å²) in [6.07, 6.45) is -0.428. The molecule has 1 aromatic carbocycles. The van der Waals surface area contributed by atoms with Crippen LogP contribution in [0.3, 0.4) is 0 Å². The zero-order chi connectivity index (χ0) is 17.7. The number of amides is 3. The number of para-hydroxylation sites is 1. The number of nitrogens with one attached hydrogen (secondary N) is 1. The minimum Gasteiger partial charge on any atom is -0.471 e. The van der Waals surface area contributed by atoms with Gasteiger partial charge in [-0.3, -0.25) is 4.79 Å². The van der Waals surface area contributed by atoms with Crippen LogP contribution in [0.2, 0.25) is 0 Å². The molecular weight excluding hydrogens is 306 g/mol. The van der Waals surface area contributed by atoms with Crippen LogP contribution >= 0.6 is 0 Å². The lowest BCUT2D eigenvalue weighted by atomic mass is 10.0. The summed E-state index contributed by atoms with van der Waals surface area (Å²) >= 11 is 0. The molecule has 1 aliphatic rings. The molecule has 0 aromatic heterocycles. The number of urea groups is 1. The summed E-state index contributed by atoms with van der Waals surface area (Å²) in [5.74, 6) is 1.20. The average Bonchev–Trinajstić information content (AvgIpc) is 2.55. The second kappa shape index (κ2) is 8.04. The number of piperazine rings is 1. The highest BCUT2D eigenvalue weighted by Crippen LogP contribution is 2.26. The summed E-state index contributed by atoms with van der Waals surface area (Å²) in [5, 5.41) is 2.87. The molecule has 1 aromatic rings. The molecule has 1 fully saturated rings. The predicted molar refractivity (Wildman–Crippen MR) is 93.0 cm³/mol. The van der Waals surface area contributed by atoms with Gasteiger partial charge in [0, 0.05) is 33.1 Å². The minimum atomic E-state index is -0.428. The number of nitrogens with zero attached hydrogens (tertiary/aromatic N) is 2. The maximum absolute atomic E-state index is 12.3. The van der Waals surface area contributed by atoms with Crippen LogP contribution in [0.1, 0.15) is 39.2 Å². The van der Waals surface area contributed by atoms with Gasteiger partial charge in [-0.25, -0.2) is 4.79 Å². The Balaban J connectivity index is 1.88. The van der Waals surface area contributed by atoms with Gasteiger partial charge < -0.3 is 19.9 Å². The second-order valence-corrected chi connectivity index (χ2v) is 6.40. The number of hydrogen-bond donors (Lipinski definition) is 1. The van der Waals surface area contributed by atoms with E-state index in [1.165, 1.54) is 0 Å². The molecule has 0 radical (unpaired) electrons. The van der Waals surface area contributed by atoms with Gasteiger partial charge in [0.2, 0.25) is 5.91 Å². The van der Waals surface area contributed by atoms with Crippen molar-refractivity contribution in [2.45, 2.75) is 39.8 Å². The van der Waals surface area contributed by atoms with Gasteiger partial charge in [-0.05, 0) is 24.5 Å². The fraction of sp³-hybridized carbons (Fsp3) is 0.556. The predicted octanol–water partition coefficient (Wildman–Crippen LogP) is 2.41. The van der Waals surface area contributed by atoms with Crippen LogP contribution in [0.25, 0.3) is 0 Å². The maximum Gasteiger partial charge on any atom is 0.320 e. The van der Waals surface area contributed by atoms with Crippen molar-refractivity contribution in [3.05, 3.63) is 29.8 Å². The third-order valence-corrected chi connectivity index (χ3v) is 4.18. The Kier molecular flexibility index (Phi) is 6.06. The summed E-state index contributed by atoms with van der Waals surface area (Å²) < 4.78 is 5.90. The molecule has 2 rings (SSSR count). The lowest BCUT2D eigenvalue weighted by Crippen LogP contribution is -2.54. The van der Waals surface area contributed by atoms with E-state index >= 15 is 0 Å². The van der Waals surface area contributed by atoms with E-state index in [9.17, 15) is 9.59 Å².